The lowest BCUT2D eigenvalue weighted by Gasteiger charge is -2.12. The average molecular weight is 316 g/mol. The van der Waals surface area contributed by atoms with Gasteiger partial charge in [0.15, 0.2) is 0 Å². The van der Waals surface area contributed by atoms with Gasteiger partial charge in [0.2, 0.25) is 0 Å². The molecule has 2 nitrogen and oxygen atoms in total. The molecule has 0 saturated carbocycles. The maximum atomic E-state index is 6.25. The van der Waals surface area contributed by atoms with E-state index in [4.69, 9.17) is 22.1 Å². The number of thiophene rings is 1. The minimum absolute atomic E-state index is 0.205. The number of hydrogen-bond acceptors (Lipinski definition) is 3. The van der Waals surface area contributed by atoms with Gasteiger partial charge in [0.05, 0.1) is 11.1 Å². The van der Waals surface area contributed by atoms with E-state index in [1.165, 1.54) is 0 Å². The van der Waals surface area contributed by atoms with Gasteiger partial charge in [-0.15, -0.1) is 11.3 Å². The molecule has 0 radical (unpaired) electrons. The van der Waals surface area contributed by atoms with Gasteiger partial charge < -0.3 is 10.5 Å². The third kappa shape index (κ3) is 3.27. The quantitative estimate of drug-likeness (QED) is 0.714. The van der Waals surface area contributed by atoms with Gasteiger partial charge in [0, 0.05) is 4.88 Å². The molecular formula is C17H14ClNOS. The Morgan fingerprint density at radius 3 is 2.19 bits per heavy atom. The zero-order valence-corrected chi connectivity index (χ0v) is 12.8. The molecule has 0 bridgehead atoms. The van der Waals surface area contributed by atoms with E-state index in [0.717, 1.165) is 27.0 Å². The fourth-order valence-corrected chi connectivity index (χ4v) is 3.25. The van der Waals surface area contributed by atoms with Crippen LogP contribution in [-0.4, -0.2) is 0 Å². The molecule has 106 valence electrons. The van der Waals surface area contributed by atoms with E-state index < -0.39 is 0 Å². The molecule has 2 N–H and O–H groups in total. The lowest BCUT2D eigenvalue weighted by molar-refractivity contribution is 0.482. The van der Waals surface area contributed by atoms with Gasteiger partial charge in [-0.3, -0.25) is 0 Å². The molecule has 1 unspecified atom stereocenters. The van der Waals surface area contributed by atoms with Crippen LogP contribution in [0.5, 0.6) is 11.5 Å². The molecule has 0 spiro atoms. The summed E-state index contributed by atoms with van der Waals surface area (Å²) in [5.41, 5.74) is 7.26. The number of benzene rings is 2. The molecule has 2 aromatic carbocycles. The highest BCUT2D eigenvalue weighted by Gasteiger charge is 2.13. The summed E-state index contributed by atoms with van der Waals surface area (Å²) >= 11 is 7.70. The van der Waals surface area contributed by atoms with Crippen molar-refractivity contribution in [2.75, 3.05) is 0 Å². The molecule has 21 heavy (non-hydrogen) atoms. The predicted molar refractivity (Wildman–Crippen MR) is 88.3 cm³/mol. The molecule has 0 fully saturated rings. The highest BCUT2D eigenvalue weighted by molar-refractivity contribution is 7.10. The Hall–Kier alpha value is -1.81. The molecule has 0 aliphatic heterocycles. The van der Waals surface area contributed by atoms with Crippen LogP contribution in [0.15, 0.2) is 66.0 Å². The zero-order chi connectivity index (χ0) is 14.7. The molecule has 0 saturated heterocycles. The van der Waals surface area contributed by atoms with Crippen molar-refractivity contribution in [3.05, 3.63) is 81.5 Å². The van der Waals surface area contributed by atoms with Crippen LogP contribution in [0.25, 0.3) is 0 Å². The third-order valence-electron chi connectivity index (χ3n) is 3.15. The first-order valence-electron chi connectivity index (χ1n) is 6.55. The van der Waals surface area contributed by atoms with Crippen LogP contribution in [0.3, 0.4) is 0 Å². The van der Waals surface area contributed by atoms with Crippen molar-refractivity contribution >= 4 is 22.9 Å². The number of rotatable bonds is 4. The van der Waals surface area contributed by atoms with Crippen LogP contribution in [-0.2, 0) is 0 Å². The zero-order valence-electron chi connectivity index (χ0n) is 11.2. The third-order valence-corrected chi connectivity index (χ3v) is 4.59. The fourth-order valence-electron chi connectivity index (χ4n) is 2.05. The Morgan fingerprint density at radius 1 is 0.905 bits per heavy atom. The summed E-state index contributed by atoms with van der Waals surface area (Å²) in [6.45, 7) is 0. The SMILES string of the molecule is NC(c1ccc(Oc2ccccc2)cc1)c1sccc1Cl. The predicted octanol–water partition coefficient (Wildman–Crippen LogP) is 5.24. The number of ether oxygens (including phenoxy) is 1. The second-order valence-corrected chi connectivity index (χ2v) is 5.95. The topological polar surface area (TPSA) is 35.2 Å². The normalized spacial score (nSPS) is 12.1. The van der Waals surface area contributed by atoms with Gasteiger partial charge in [-0.1, -0.05) is 41.9 Å². The highest BCUT2D eigenvalue weighted by Crippen LogP contribution is 2.32. The second-order valence-electron chi connectivity index (χ2n) is 4.59. The van der Waals surface area contributed by atoms with Crippen LogP contribution in [0.2, 0.25) is 5.02 Å². The number of nitrogens with two attached hydrogens (primary N) is 1. The maximum Gasteiger partial charge on any atom is 0.127 e. The van der Waals surface area contributed by atoms with Crippen molar-refractivity contribution < 1.29 is 4.74 Å². The average Bonchev–Trinajstić information content (AvgIpc) is 2.94. The second kappa shape index (κ2) is 6.31. The van der Waals surface area contributed by atoms with Gasteiger partial charge in [0.25, 0.3) is 0 Å². The molecule has 3 aromatic rings. The summed E-state index contributed by atoms with van der Waals surface area (Å²) in [5, 5.41) is 2.67. The number of hydrogen-bond donors (Lipinski definition) is 1. The van der Waals surface area contributed by atoms with Crippen LogP contribution >= 0.6 is 22.9 Å². The largest absolute Gasteiger partial charge is 0.457 e. The Morgan fingerprint density at radius 2 is 1.57 bits per heavy atom. The first-order valence-corrected chi connectivity index (χ1v) is 7.81. The van der Waals surface area contributed by atoms with E-state index in [0.29, 0.717) is 0 Å². The summed E-state index contributed by atoms with van der Waals surface area (Å²) in [4.78, 5) is 0.980. The van der Waals surface area contributed by atoms with Gasteiger partial charge in [-0.25, -0.2) is 0 Å². The monoisotopic (exact) mass is 315 g/mol. The highest BCUT2D eigenvalue weighted by atomic mass is 35.5. The Bertz CT molecular complexity index is 709. The lowest BCUT2D eigenvalue weighted by atomic mass is 10.1. The summed E-state index contributed by atoms with van der Waals surface area (Å²) in [5.74, 6) is 1.60. The standard InChI is InChI=1S/C17H14ClNOS/c18-15-10-11-21-17(15)16(19)12-6-8-14(9-7-12)20-13-4-2-1-3-5-13/h1-11,16H,19H2. The van der Waals surface area contributed by atoms with Crippen molar-refractivity contribution in [2.24, 2.45) is 5.73 Å². The molecule has 1 aromatic heterocycles. The molecule has 3 rings (SSSR count). The number of halogens is 1. The van der Waals surface area contributed by atoms with Gasteiger partial charge in [0.1, 0.15) is 11.5 Å². The van der Waals surface area contributed by atoms with Crippen LogP contribution in [0.1, 0.15) is 16.5 Å². The van der Waals surface area contributed by atoms with E-state index in [2.05, 4.69) is 0 Å². The van der Waals surface area contributed by atoms with E-state index >= 15 is 0 Å². The van der Waals surface area contributed by atoms with Crippen LogP contribution in [0, 0.1) is 0 Å². The van der Waals surface area contributed by atoms with Crippen molar-refractivity contribution in [1.29, 1.82) is 0 Å². The maximum absolute atomic E-state index is 6.25. The molecular weight excluding hydrogens is 302 g/mol. The van der Waals surface area contributed by atoms with Gasteiger partial charge >= 0.3 is 0 Å². The fraction of sp³-hybridized carbons (Fsp3) is 0.0588. The number of para-hydroxylation sites is 1. The summed E-state index contributed by atoms with van der Waals surface area (Å²) in [6.07, 6.45) is 0. The van der Waals surface area contributed by atoms with Crippen molar-refractivity contribution in [1.82, 2.24) is 0 Å². The van der Waals surface area contributed by atoms with Crippen molar-refractivity contribution in [2.45, 2.75) is 6.04 Å². The summed E-state index contributed by atoms with van der Waals surface area (Å²) < 4.78 is 5.76. The lowest BCUT2D eigenvalue weighted by Crippen LogP contribution is -2.10. The summed E-state index contributed by atoms with van der Waals surface area (Å²) in [6, 6.07) is 19.1. The Labute approximate surface area is 132 Å². The smallest absolute Gasteiger partial charge is 0.127 e. The summed E-state index contributed by atoms with van der Waals surface area (Å²) in [7, 11) is 0. The van der Waals surface area contributed by atoms with Gasteiger partial charge in [-0.2, -0.15) is 0 Å². The molecule has 0 aliphatic carbocycles. The molecule has 1 heterocycles. The molecule has 0 amide bonds. The van der Waals surface area contributed by atoms with Gasteiger partial charge in [-0.05, 0) is 41.3 Å². The first-order chi connectivity index (χ1) is 10.2. The van der Waals surface area contributed by atoms with E-state index in [1.807, 2.05) is 66.0 Å². The Balaban J connectivity index is 1.77. The molecule has 1 atom stereocenters. The minimum Gasteiger partial charge on any atom is -0.457 e. The Kier molecular flexibility index (Phi) is 4.25. The van der Waals surface area contributed by atoms with Crippen LogP contribution < -0.4 is 10.5 Å². The molecule has 0 aliphatic rings. The van der Waals surface area contributed by atoms with E-state index in [1.54, 1.807) is 11.3 Å². The minimum atomic E-state index is -0.205. The van der Waals surface area contributed by atoms with E-state index in [9.17, 15) is 0 Å². The molecule has 4 heteroatoms. The first kappa shape index (κ1) is 14.1. The van der Waals surface area contributed by atoms with Crippen molar-refractivity contribution in [3.8, 4) is 11.5 Å². The van der Waals surface area contributed by atoms with Crippen LogP contribution in [0.4, 0.5) is 0 Å². The van der Waals surface area contributed by atoms with Crippen molar-refractivity contribution in [3.63, 3.8) is 0 Å². The van der Waals surface area contributed by atoms with E-state index in [-0.39, 0.29) is 6.04 Å².